The van der Waals surface area contributed by atoms with E-state index in [1.165, 1.54) is 0 Å². The summed E-state index contributed by atoms with van der Waals surface area (Å²) in [5.74, 6) is 6.29. The molecule has 2 aliphatic rings. The molecule has 1 aromatic carbocycles. The molecular weight excluding hydrogens is 226 g/mol. The minimum absolute atomic E-state index is 0.00472. The summed E-state index contributed by atoms with van der Waals surface area (Å²) in [6.45, 7) is 4.27. The van der Waals surface area contributed by atoms with Crippen LogP contribution in [0.5, 0.6) is 0 Å². The van der Waals surface area contributed by atoms with Crippen molar-refractivity contribution in [1.82, 2.24) is 5.32 Å². The second-order valence-corrected chi connectivity index (χ2v) is 4.19. The molecule has 0 spiro atoms. The number of hydrogen-bond donors (Lipinski definition) is 2. The molecule has 0 amide bonds. The average molecular weight is 240 g/mol. The molecule has 2 aliphatic heterocycles. The number of anilines is 1. The maximum Gasteiger partial charge on any atom is 0.131 e. The summed E-state index contributed by atoms with van der Waals surface area (Å²) < 4.78 is 5.53. The summed E-state index contributed by atoms with van der Waals surface area (Å²) in [4.78, 5) is 4.07. The van der Waals surface area contributed by atoms with Crippen molar-refractivity contribution in [3.8, 4) is 11.8 Å². The number of nitrogens with one attached hydrogen (secondary N) is 2. The summed E-state index contributed by atoms with van der Waals surface area (Å²) in [6, 6.07) is 6.05. The number of nitrogens with zero attached hydrogens (tertiary/aromatic N) is 1. The molecule has 1 saturated heterocycles. The lowest BCUT2D eigenvalue weighted by Crippen LogP contribution is -2.37. The fraction of sp³-hybridized carbons (Fsp3) is 0.286. The van der Waals surface area contributed by atoms with E-state index in [-0.39, 0.29) is 6.10 Å². The SMILES string of the molecule is C(#CC1CNCCO1)c1ccc2c(c1)[CH]N=CN2. The van der Waals surface area contributed by atoms with E-state index in [0.29, 0.717) is 0 Å². The summed E-state index contributed by atoms with van der Waals surface area (Å²) in [5, 5.41) is 6.35. The topological polar surface area (TPSA) is 45.6 Å². The molecule has 0 aromatic heterocycles. The average Bonchev–Trinajstić information content (AvgIpc) is 2.46. The minimum Gasteiger partial charge on any atom is -0.363 e. The molecule has 1 unspecified atom stereocenters. The molecule has 3 rings (SSSR count). The zero-order valence-corrected chi connectivity index (χ0v) is 9.94. The number of aliphatic imine (C=N–C) groups is 1. The van der Waals surface area contributed by atoms with E-state index in [1.54, 1.807) is 6.34 Å². The molecule has 0 bridgehead atoms. The Hall–Kier alpha value is -1.83. The molecule has 1 aromatic rings. The quantitative estimate of drug-likeness (QED) is 0.665. The molecule has 4 nitrogen and oxygen atoms in total. The highest BCUT2D eigenvalue weighted by Gasteiger charge is 2.09. The van der Waals surface area contributed by atoms with Crippen molar-refractivity contribution in [3.63, 3.8) is 0 Å². The van der Waals surface area contributed by atoms with Crippen molar-refractivity contribution in [3.05, 3.63) is 35.9 Å². The van der Waals surface area contributed by atoms with Gasteiger partial charge in [-0.05, 0) is 18.2 Å². The first kappa shape index (κ1) is 11.3. The Labute approximate surface area is 106 Å². The van der Waals surface area contributed by atoms with Gasteiger partial charge in [0.1, 0.15) is 12.6 Å². The summed E-state index contributed by atoms with van der Waals surface area (Å²) in [7, 11) is 0. The van der Waals surface area contributed by atoms with Gasteiger partial charge in [0.15, 0.2) is 0 Å². The molecular formula is C14H14N3O. The van der Waals surface area contributed by atoms with Gasteiger partial charge < -0.3 is 15.4 Å². The van der Waals surface area contributed by atoms with Crippen LogP contribution in [-0.4, -0.2) is 32.1 Å². The molecule has 1 atom stereocenters. The number of benzene rings is 1. The molecule has 2 N–H and O–H groups in total. The number of hydrogen-bond acceptors (Lipinski definition) is 4. The standard InChI is InChI=1S/C14H14N3O/c1(3-13-9-15-5-6-18-13)11-2-4-14-12(7-11)8-16-10-17-14/h2,4,7-8,10,13,15H,5-6,9H2,(H,16,17). The first-order valence-corrected chi connectivity index (χ1v) is 6.01. The fourth-order valence-corrected chi connectivity index (χ4v) is 1.93. The van der Waals surface area contributed by atoms with Crippen LogP contribution >= 0.6 is 0 Å². The Morgan fingerprint density at radius 2 is 2.39 bits per heavy atom. The predicted octanol–water partition coefficient (Wildman–Crippen LogP) is 0.990. The Kier molecular flexibility index (Phi) is 3.26. The Balaban J connectivity index is 1.75. The molecule has 18 heavy (non-hydrogen) atoms. The summed E-state index contributed by atoms with van der Waals surface area (Å²) in [6.07, 6.45) is 1.67. The number of ether oxygens (including phenoxy) is 1. The zero-order valence-electron chi connectivity index (χ0n) is 9.94. The first-order valence-electron chi connectivity index (χ1n) is 6.01. The van der Waals surface area contributed by atoms with E-state index < -0.39 is 0 Å². The van der Waals surface area contributed by atoms with Gasteiger partial charge in [-0.3, -0.25) is 4.99 Å². The maximum absolute atomic E-state index is 5.53. The van der Waals surface area contributed by atoms with Gasteiger partial charge in [-0.15, -0.1) is 0 Å². The van der Waals surface area contributed by atoms with Gasteiger partial charge in [0.2, 0.25) is 0 Å². The number of fused-ring (bicyclic) bond motifs is 1. The van der Waals surface area contributed by atoms with Crippen LogP contribution in [0.25, 0.3) is 0 Å². The van der Waals surface area contributed by atoms with Crippen LogP contribution in [0.1, 0.15) is 11.1 Å². The second kappa shape index (κ2) is 5.21. The third-order valence-electron chi connectivity index (χ3n) is 2.86. The van der Waals surface area contributed by atoms with Crippen molar-refractivity contribution in [2.45, 2.75) is 6.10 Å². The van der Waals surface area contributed by atoms with E-state index in [0.717, 1.165) is 36.5 Å². The van der Waals surface area contributed by atoms with Gasteiger partial charge in [-0.1, -0.05) is 11.8 Å². The van der Waals surface area contributed by atoms with Gasteiger partial charge >= 0.3 is 0 Å². The lowest BCUT2D eigenvalue weighted by atomic mass is 10.1. The molecule has 4 heteroatoms. The highest BCUT2D eigenvalue weighted by atomic mass is 16.5. The van der Waals surface area contributed by atoms with Crippen LogP contribution in [0.2, 0.25) is 0 Å². The largest absolute Gasteiger partial charge is 0.363 e. The van der Waals surface area contributed by atoms with Crippen molar-refractivity contribution in [1.29, 1.82) is 0 Å². The highest BCUT2D eigenvalue weighted by molar-refractivity contribution is 5.81. The molecule has 1 fully saturated rings. The number of rotatable bonds is 0. The van der Waals surface area contributed by atoms with E-state index >= 15 is 0 Å². The van der Waals surface area contributed by atoms with Crippen LogP contribution in [0.15, 0.2) is 23.2 Å². The Morgan fingerprint density at radius 1 is 1.39 bits per heavy atom. The Bertz CT molecular complexity index is 522. The van der Waals surface area contributed by atoms with E-state index in [4.69, 9.17) is 4.74 Å². The lowest BCUT2D eigenvalue weighted by Gasteiger charge is -2.18. The number of morpholine rings is 1. The second-order valence-electron chi connectivity index (χ2n) is 4.19. The maximum atomic E-state index is 5.53. The van der Waals surface area contributed by atoms with E-state index in [9.17, 15) is 0 Å². The third kappa shape index (κ3) is 2.53. The van der Waals surface area contributed by atoms with Crippen LogP contribution in [0.3, 0.4) is 0 Å². The van der Waals surface area contributed by atoms with Gasteiger partial charge in [0.05, 0.1) is 12.9 Å². The molecule has 2 heterocycles. The normalized spacial score (nSPS) is 21.4. The predicted molar refractivity (Wildman–Crippen MR) is 71.4 cm³/mol. The van der Waals surface area contributed by atoms with Crippen LogP contribution < -0.4 is 10.6 Å². The smallest absolute Gasteiger partial charge is 0.131 e. The summed E-state index contributed by atoms with van der Waals surface area (Å²) >= 11 is 0. The zero-order chi connectivity index (χ0) is 12.2. The van der Waals surface area contributed by atoms with E-state index in [1.807, 2.05) is 24.7 Å². The fourth-order valence-electron chi connectivity index (χ4n) is 1.93. The van der Waals surface area contributed by atoms with Crippen molar-refractivity contribution < 1.29 is 4.74 Å². The van der Waals surface area contributed by atoms with Crippen LogP contribution in [0, 0.1) is 18.4 Å². The van der Waals surface area contributed by atoms with Gasteiger partial charge in [0, 0.05) is 29.9 Å². The van der Waals surface area contributed by atoms with Gasteiger partial charge in [-0.2, -0.15) is 0 Å². The monoisotopic (exact) mass is 240 g/mol. The van der Waals surface area contributed by atoms with Crippen molar-refractivity contribution in [2.24, 2.45) is 4.99 Å². The molecule has 0 aliphatic carbocycles. The summed E-state index contributed by atoms with van der Waals surface area (Å²) in [5.41, 5.74) is 3.11. The first-order chi connectivity index (χ1) is 8.92. The van der Waals surface area contributed by atoms with Crippen molar-refractivity contribution in [2.75, 3.05) is 25.0 Å². The highest BCUT2D eigenvalue weighted by Crippen LogP contribution is 2.21. The third-order valence-corrected chi connectivity index (χ3v) is 2.86. The van der Waals surface area contributed by atoms with Crippen LogP contribution in [-0.2, 0) is 4.74 Å². The Morgan fingerprint density at radius 3 is 3.28 bits per heavy atom. The minimum atomic E-state index is -0.00472. The molecule has 91 valence electrons. The van der Waals surface area contributed by atoms with Crippen LogP contribution in [0.4, 0.5) is 5.69 Å². The molecule has 1 radical (unpaired) electrons. The van der Waals surface area contributed by atoms with Gasteiger partial charge in [-0.25, -0.2) is 0 Å². The lowest BCUT2D eigenvalue weighted by molar-refractivity contribution is 0.0651. The van der Waals surface area contributed by atoms with E-state index in [2.05, 4.69) is 27.5 Å². The van der Waals surface area contributed by atoms with Gasteiger partial charge in [0.25, 0.3) is 0 Å². The molecule has 0 saturated carbocycles. The van der Waals surface area contributed by atoms with Crippen molar-refractivity contribution >= 4 is 12.0 Å².